The van der Waals surface area contributed by atoms with Gasteiger partial charge in [0.15, 0.2) is 6.20 Å². The van der Waals surface area contributed by atoms with E-state index in [1.165, 1.54) is 11.2 Å². The van der Waals surface area contributed by atoms with Crippen molar-refractivity contribution in [1.82, 2.24) is 9.91 Å². The Labute approximate surface area is 63.7 Å². The first kappa shape index (κ1) is 6.38. The number of hydrogen-bond acceptors (Lipinski definition) is 5. The Hall–Kier alpha value is -1.33. The Kier molecular flexibility index (Phi) is 1.21. The van der Waals surface area contributed by atoms with Crippen molar-refractivity contribution in [2.75, 3.05) is 6.54 Å². The van der Waals surface area contributed by atoms with Crippen LogP contribution in [0.5, 0.6) is 0 Å². The maximum atomic E-state index is 9.16. The number of hydrogen-bond donors (Lipinski definition) is 2. The van der Waals surface area contributed by atoms with Gasteiger partial charge in [-0.3, -0.25) is 5.01 Å². The second-order valence-corrected chi connectivity index (χ2v) is 2.37. The summed E-state index contributed by atoms with van der Waals surface area (Å²) < 4.78 is 0. The monoisotopic (exact) mass is 152 g/mol. The van der Waals surface area contributed by atoms with Crippen molar-refractivity contribution in [3.05, 3.63) is 24.5 Å². The molecule has 0 aliphatic carbocycles. The van der Waals surface area contributed by atoms with E-state index in [-0.39, 0.29) is 5.88 Å². The first-order chi connectivity index (χ1) is 5.27. The van der Waals surface area contributed by atoms with Crippen LogP contribution in [0, 0.1) is 0 Å². The Balaban J connectivity index is 2.32. The van der Waals surface area contributed by atoms with Crippen LogP contribution in [0.25, 0.3) is 0 Å². The molecule has 2 aliphatic heterocycles. The molecule has 0 unspecified atom stereocenters. The highest BCUT2D eigenvalue weighted by atomic mass is 16.3. The number of nitrogens with two attached hydrogens (primary N) is 1. The fraction of sp³-hybridized carbons (Fsp3) is 0.167. The van der Waals surface area contributed by atoms with Crippen LogP contribution in [-0.2, 0) is 0 Å². The Morgan fingerprint density at radius 3 is 3.36 bits per heavy atom. The Morgan fingerprint density at radius 1 is 1.73 bits per heavy atom. The van der Waals surface area contributed by atoms with E-state index in [2.05, 4.69) is 4.99 Å². The quantitative estimate of drug-likeness (QED) is 0.365. The van der Waals surface area contributed by atoms with Crippen molar-refractivity contribution in [3.63, 3.8) is 0 Å². The Bertz CT molecular complexity index is 268. The van der Waals surface area contributed by atoms with Crippen LogP contribution >= 0.6 is 0 Å². The lowest BCUT2D eigenvalue weighted by atomic mass is 10.4. The lowest BCUT2D eigenvalue weighted by Gasteiger charge is -2.18. The van der Waals surface area contributed by atoms with Gasteiger partial charge < -0.3 is 5.11 Å². The zero-order chi connectivity index (χ0) is 7.84. The van der Waals surface area contributed by atoms with E-state index in [1.54, 1.807) is 17.3 Å². The molecule has 0 atom stereocenters. The van der Waals surface area contributed by atoms with E-state index in [0.29, 0.717) is 6.54 Å². The summed E-state index contributed by atoms with van der Waals surface area (Å²) in [6, 6.07) is 0. The molecule has 0 fully saturated rings. The smallest absolute Gasteiger partial charge is 0.283 e. The highest BCUT2D eigenvalue weighted by Gasteiger charge is 2.32. The molecule has 2 aliphatic rings. The first-order valence-corrected chi connectivity index (χ1v) is 3.22. The molecule has 0 bridgehead atoms. The van der Waals surface area contributed by atoms with Crippen molar-refractivity contribution in [2.45, 2.75) is 0 Å². The summed E-state index contributed by atoms with van der Waals surface area (Å²) in [4.78, 5) is 5.76. The number of rotatable bonds is 0. The van der Waals surface area contributed by atoms with E-state index < -0.39 is 0 Å². The predicted molar refractivity (Wildman–Crippen MR) is 40.3 cm³/mol. The normalized spacial score (nSPS) is 23.2. The zero-order valence-electron chi connectivity index (χ0n) is 5.81. The van der Waals surface area contributed by atoms with Crippen LogP contribution in [0.1, 0.15) is 0 Å². The standard InChI is InChI=1S/C6H8N4O/c7-10-3-5-8-1-2-9(5)4-6(10)11/h1-2,4,11H,3,7H2/q+1. The van der Waals surface area contributed by atoms with Crippen LogP contribution in [0.15, 0.2) is 29.5 Å². The molecule has 3 N–H and O–H groups in total. The number of aliphatic hydroxyl groups excluding tert-OH is 1. The van der Waals surface area contributed by atoms with Gasteiger partial charge in [-0.1, -0.05) is 4.90 Å². The highest BCUT2D eigenvalue weighted by Crippen LogP contribution is 2.10. The van der Waals surface area contributed by atoms with Gasteiger partial charge in [0.25, 0.3) is 11.7 Å². The van der Waals surface area contributed by atoms with Gasteiger partial charge in [-0.2, -0.15) is 4.99 Å². The van der Waals surface area contributed by atoms with Gasteiger partial charge in [0.1, 0.15) is 6.54 Å². The molecule has 0 aromatic heterocycles. The van der Waals surface area contributed by atoms with Gasteiger partial charge >= 0.3 is 0 Å². The fourth-order valence-corrected chi connectivity index (χ4v) is 1.02. The van der Waals surface area contributed by atoms with Gasteiger partial charge in [0.2, 0.25) is 6.20 Å². The third-order valence-electron chi connectivity index (χ3n) is 1.61. The van der Waals surface area contributed by atoms with Crippen molar-refractivity contribution < 1.29 is 5.11 Å². The van der Waals surface area contributed by atoms with Crippen LogP contribution in [0.4, 0.5) is 0 Å². The van der Waals surface area contributed by atoms with E-state index in [1.807, 2.05) is 0 Å². The van der Waals surface area contributed by atoms with E-state index in [4.69, 9.17) is 10.9 Å². The fourth-order valence-electron chi connectivity index (χ4n) is 1.02. The average molecular weight is 152 g/mol. The summed E-state index contributed by atoms with van der Waals surface area (Å²) in [7, 11) is 0. The van der Waals surface area contributed by atoms with Crippen molar-refractivity contribution in [2.24, 2.45) is 10.8 Å². The molecule has 0 aromatic carbocycles. The van der Waals surface area contributed by atoms with Crippen molar-refractivity contribution >= 4 is 5.84 Å². The maximum absolute atomic E-state index is 9.16. The molecule has 1 radical (unpaired) electrons. The van der Waals surface area contributed by atoms with E-state index in [9.17, 15) is 0 Å². The molecule has 0 aromatic rings. The predicted octanol–water partition coefficient (Wildman–Crippen LogP) is -0.444. The van der Waals surface area contributed by atoms with E-state index >= 15 is 0 Å². The minimum Gasteiger partial charge on any atom is -0.490 e. The molecule has 5 heteroatoms. The molecular weight excluding hydrogens is 144 g/mol. The number of aliphatic imine (C=N–C) groups is 1. The molecule has 0 amide bonds. The molecule has 0 saturated carbocycles. The third kappa shape index (κ3) is 0.903. The molecule has 57 valence electrons. The zero-order valence-corrected chi connectivity index (χ0v) is 5.81. The average Bonchev–Trinajstić information content (AvgIpc) is 2.36. The molecule has 5 nitrogen and oxygen atoms in total. The van der Waals surface area contributed by atoms with Gasteiger partial charge in [-0.15, -0.1) is 0 Å². The number of aliphatic hydroxyl groups is 1. The van der Waals surface area contributed by atoms with Crippen LogP contribution in [0.3, 0.4) is 0 Å². The number of nitrogens with zero attached hydrogens (tertiary/aromatic N) is 3. The van der Waals surface area contributed by atoms with Gasteiger partial charge in [-0.25, -0.2) is 5.84 Å². The maximum Gasteiger partial charge on any atom is 0.283 e. The molecule has 2 rings (SSSR count). The van der Waals surface area contributed by atoms with E-state index in [0.717, 1.165) is 5.84 Å². The summed E-state index contributed by atoms with van der Waals surface area (Å²) in [5.74, 6) is 6.29. The Morgan fingerprint density at radius 2 is 2.55 bits per heavy atom. The second kappa shape index (κ2) is 2.08. The van der Waals surface area contributed by atoms with Crippen molar-refractivity contribution in [1.29, 1.82) is 0 Å². The molecule has 11 heavy (non-hydrogen) atoms. The highest BCUT2D eigenvalue weighted by molar-refractivity contribution is 5.91. The third-order valence-corrected chi connectivity index (χ3v) is 1.61. The number of amidine groups is 1. The van der Waals surface area contributed by atoms with Crippen LogP contribution < -0.4 is 10.7 Å². The van der Waals surface area contributed by atoms with Gasteiger partial charge in [0, 0.05) is 0 Å². The summed E-state index contributed by atoms with van der Waals surface area (Å²) >= 11 is 0. The number of hydrazine groups is 1. The van der Waals surface area contributed by atoms with Crippen LogP contribution in [0.2, 0.25) is 0 Å². The lowest BCUT2D eigenvalue weighted by Crippen LogP contribution is -2.45. The largest absolute Gasteiger partial charge is 0.490 e. The van der Waals surface area contributed by atoms with Crippen LogP contribution in [-0.4, -0.2) is 22.5 Å². The summed E-state index contributed by atoms with van der Waals surface area (Å²) in [6.07, 6.45) is 4.95. The minimum absolute atomic E-state index is 0.0514. The summed E-state index contributed by atoms with van der Waals surface area (Å²) in [5, 5.41) is 10.4. The molecular formula is C6H8N4O+. The first-order valence-electron chi connectivity index (χ1n) is 3.22. The van der Waals surface area contributed by atoms with Crippen molar-refractivity contribution in [3.8, 4) is 0 Å². The van der Waals surface area contributed by atoms with Gasteiger partial charge in [-0.05, 0) is 0 Å². The lowest BCUT2D eigenvalue weighted by molar-refractivity contribution is 0.211. The number of fused-ring (bicyclic) bond motifs is 1. The second-order valence-electron chi connectivity index (χ2n) is 2.37. The summed E-state index contributed by atoms with van der Waals surface area (Å²) in [5.41, 5.74) is 0. The summed E-state index contributed by atoms with van der Waals surface area (Å²) in [6.45, 7) is 0.440. The molecule has 2 heterocycles. The van der Waals surface area contributed by atoms with Gasteiger partial charge in [0.05, 0.1) is 6.20 Å². The molecule has 0 saturated heterocycles. The SMILES string of the molecule is NN1CC2=NC=C[N+]2C=C1O. The minimum atomic E-state index is 0.0514. The molecule has 0 spiro atoms. The topological polar surface area (TPSA) is 67.8 Å².